The van der Waals surface area contributed by atoms with Crippen molar-refractivity contribution >= 4 is 17.8 Å². The molecule has 1 aromatic carbocycles. The summed E-state index contributed by atoms with van der Waals surface area (Å²) >= 11 is 0. The van der Waals surface area contributed by atoms with Crippen LogP contribution in [0.1, 0.15) is 48.2 Å². The molecule has 0 bridgehead atoms. The van der Waals surface area contributed by atoms with Gasteiger partial charge in [0.1, 0.15) is 0 Å². The van der Waals surface area contributed by atoms with Crippen LogP contribution >= 0.6 is 0 Å². The maximum atomic E-state index is 12.9. The first-order valence-electron chi connectivity index (χ1n) is 9.29. The number of carbonyl (C=O) groups is 3. The van der Waals surface area contributed by atoms with Crippen molar-refractivity contribution < 1.29 is 19.5 Å². The van der Waals surface area contributed by atoms with Gasteiger partial charge in [-0.05, 0) is 42.5 Å². The molecule has 0 aromatic heterocycles. The second-order valence-corrected chi connectivity index (χ2v) is 7.55. The van der Waals surface area contributed by atoms with Crippen LogP contribution in [-0.2, 0) is 22.6 Å². The van der Waals surface area contributed by atoms with Gasteiger partial charge in [-0.25, -0.2) is 4.79 Å². The molecular formula is C20H26N2O4. The number of amides is 2. The molecule has 0 spiro atoms. The van der Waals surface area contributed by atoms with Gasteiger partial charge < -0.3 is 14.9 Å². The molecule has 2 aliphatic heterocycles. The average molecular weight is 358 g/mol. The van der Waals surface area contributed by atoms with Crippen LogP contribution in [0, 0.1) is 11.8 Å². The first-order valence-corrected chi connectivity index (χ1v) is 9.29. The van der Waals surface area contributed by atoms with Gasteiger partial charge in [0.25, 0.3) is 0 Å². The van der Waals surface area contributed by atoms with Crippen molar-refractivity contribution in [3.63, 3.8) is 0 Å². The molecule has 2 amide bonds. The van der Waals surface area contributed by atoms with E-state index in [1.807, 2.05) is 29.7 Å². The number of carbonyl (C=O) groups excluding carboxylic acids is 2. The SMILES string of the molecule is CC(C)C(=O)N1CCC(C(=O)N2CCc3ccc(C(=O)O)cc3C2)CC1. The largest absolute Gasteiger partial charge is 0.478 e. The molecule has 1 saturated heterocycles. The summed E-state index contributed by atoms with van der Waals surface area (Å²) < 4.78 is 0. The van der Waals surface area contributed by atoms with Crippen LogP contribution in [0.15, 0.2) is 18.2 Å². The molecule has 26 heavy (non-hydrogen) atoms. The van der Waals surface area contributed by atoms with Crippen molar-refractivity contribution in [1.29, 1.82) is 0 Å². The molecule has 6 nitrogen and oxygen atoms in total. The molecule has 2 aliphatic rings. The minimum atomic E-state index is -0.946. The number of carboxylic acids is 1. The summed E-state index contributed by atoms with van der Waals surface area (Å²) in [5, 5.41) is 9.16. The van der Waals surface area contributed by atoms with Crippen LogP contribution in [0.3, 0.4) is 0 Å². The van der Waals surface area contributed by atoms with Gasteiger partial charge in [0, 0.05) is 38.0 Å². The topological polar surface area (TPSA) is 77.9 Å². The van der Waals surface area contributed by atoms with Crippen molar-refractivity contribution in [2.45, 2.75) is 39.7 Å². The van der Waals surface area contributed by atoms with E-state index in [1.165, 1.54) is 0 Å². The summed E-state index contributed by atoms with van der Waals surface area (Å²) in [7, 11) is 0. The van der Waals surface area contributed by atoms with Crippen LogP contribution in [0.2, 0.25) is 0 Å². The monoisotopic (exact) mass is 358 g/mol. The highest BCUT2D eigenvalue weighted by molar-refractivity contribution is 5.88. The Bertz CT molecular complexity index is 721. The first kappa shape index (κ1) is 18.4. The molecule has 0 atom stereocenters. The number of aromatic carboxylic acids is 1. The predicted octanol–water partition coefficient (Wildman–Crippen LogP) is 2.16. The van der Waals surface area contributed by atoms with E-state index in [-0.39, 0.29) is 29.2 Å². The van der Waals surface area contributed by atoms with Crippen LogP contribution in [0.25, 0.3) is 0 Å². The fourth-order valence-corrected chi connectivity index (χ4v) is 3.85. The highest BCUT2D eigenvalue weighted by Crippen LogP contribution is 2.26. The summed E-state index contributed by atoms with van der Waals surface area (Å²) in [6.07, 6.45) is 2.16. The minimum absolute atomic E-state index is 0.00993. The lowest BCUT2D eigenvalue weighted by Crippen LogP contribution is -2.46. The zero-order chi connectivity index (χ0) is 18.8. The van der Waals surface area contributed by atoms with Crippen molar-refractivity contribution in [2.24, 2.45) is 11.8 Å². The van der Waals surface area contributed by atoms with Crippen LogP contribution in [-0.4, -0.2) is 52.3 Å². The molecule has 0 radical (unpaired) electrons. The highest BCUT2D eigenvalue weighted by atomic mass is 16.4. The van der Waals surface area contributed by atoms with E-state index >= 15 is 0 Å². The number of carboxylic acid groups (broad SMARTS) is 1. The molecule has 0 aliphatic carbocycles. The zero-order valence-electron chi connectivity index (χ0n) is 15.4. The zero-order valence-corrected chi connectivity index (χ0v) is 15.4. The van der Waals surface area contributed by atoms with Gasteiger partial charge in [-0.2, -0.15) is 0 Å². The molecule has 3 rings (SSSR count). The molecule has 0 unspecified atom stereocenters. The number of fused-ring (bicyclic) bond motifs is 1. The minimum Gasteiger partial charge on any atom is -0.478 e. The molecular weight excluding hydrogens is 332 g/mol. The molecule has 6 heteroatoms. The Balaban J connectivity index is 1.62. The quantitative estimate of drug-likeness (QED) is 0.898. The predicted molar refractivity (Wildman–Crippen MR) is 96.7 cm³/mol. The van der Waals surface area contributed by atoms with Crippen LogP contribution in [0.4, 0.5) is 0 Å². The van der Waals surface area contributed by atoms with Gasteiger partial charge >= 0.3 is 5.97 Å². The van der Waals surface area contributed by atoms with Crippen LogP contribution in [0.5, 0.6) is 0 Å². The Labute approximate surface area is 153 Å². The lowest BCUT2D eigenvalue weighted by molar-refractivity contribution is -0.142. The fraction of sp³-hybridized carbons (Fsp3) is 0.550. The maximum absolute atomic E-state index is 12.9. The number of hydrogen-bond donors (Lipinski definition) is 1. The number of benzene rings is 1. The number of hydrogen-bond acceptors (Lipinski definition) is 3. The van der Waals surface area contributed by atoms with Gasteiger partial charge in [0.15, 0.2) is 0 Å². The van der Waals surface area contributed by atoms with E-state index in [0.717, 1.165) is 17.5 Å². The van der Waals surface area contributed by atoms with Crippen molar-refractivity contribution in [3.8, 4) is 0 Å². The molecule has 1 aromatic rings. The Kier molecular flexibility index (Phi) is 5.30. The molecule has 2 heterocycles. The van der Waals surface area contributed by atoms with E-state index in [4.69, 9.17) is 5.11 Å². The normalized spacial score (nSPS) is 18.0. The summed E-state index contributed by atoms with van der Waals surface area (Å²) in [4.78, 5) is 39.9. The Morgan fingerprint density at radius 1 is 1.04 bits per heavy atom. The van der Waals surface area contributed by atoms with E-state index in [1.54, 1.807) is 12.1 Å². The third kappa shape index (κ3) is 3.74. The maximum Gasteiger partial charge on any atom is 0.335 e. The van der Waals surface area contributed by atoms with E-state index < -0.39 is 5.97 Å². The Hall–Kier alpha value is -2.37. The van der Waals surface area contributed by atoms with Crippen LogP contribution < -0.4 is 0 Å². The lowest BCUT2D eigenvalue weighted by Gasteiger charge is -2.36. The van der Waals surface area contributed by atoms with Gasteiger partial charge in [-0.3, -0.25) is 9.59 Å². The standard InChI is InChI=1S/C20H26N2O4/c1-13(2)18(23)21-8-6-15(7-9-21)19(24)22-10-5-14-3-4-16(20(25)26)11-17(14)12-22/h3-4,11,13,15H,5-10,12H2,1-2H3,(H,25,26). The summed E-state index contributed by atoms with van der Waals surface area (Å²) in [6.45, 7) is 6.22. The number of rotatable bonds is 3. The van der Waals surface area contributed by atoms with Crippen molar-refractivity contribution in [1.82, 2.24) is 9.80 Å². The second-order valence-electron chi connectivity index (χ2n) is 7.55. The molecule has 0 saturated carbocycles. The second kappa shape index (κ2) is 7.48. The Morgan fingerprint density at radius 3 is 2.35 bits per heavy atom. The van der Waals surface area contributed by atoms with Crippen molar-refractivity contribution in [3.05, 3.63) is 34.9 Å². The third-order valence-corrected chi connectivity index (χ3v) is 5.43. The molecule has 1 fully saturated rings. The number of nitrogens with zero attached hydrogens (tertiary/aromatic N) is 2. The van der Waals surface area contributed by atoms with Gasteiger partial charge in [0.05, 0.1) is 5.56 Å². The van der Waals surface area contributed by atoms with E-state index in [2.05, 4.69) is 0 Å². The first-order chi connectivity index (χ1) is 12.4. The summed E-state index contributed by atoms with van der Waals surface area (Å²) in [6, 6.07) is 5.16. The van der Waals surface area contributed by atoms with Gasteiger partial charge in [-0.15, -0.1) is 0 Å². The summed E-state index contributed by atoms with van der Waals surface area (Å²) in [5.74, 6) is -0.713. The van der Waals surface area contributed by atoms with Gasteiger partial charge in [-0.1, -0.05) is 19.9 Å². The summed E-state index contributed by atoms with van der Waals surface area (Å²) in [5.41, 5.74) is 2.31. The Morgan fingerprint density at radius 2 is 1.73 bits per heavy atom. The van der Waals surface area contributed by atoms with Crippen molar-refractivity contribution in [2.75, 3.05) is 19.6 Å². The van der Waals surface area contributed by atoms with Gasteiger partial charge in [0.2, 0.25) is 11.8 Å². The smallest absolute Gasteiger partial charge is 0.335 e. The molecule has 1 N–H and O–H groups in total. The highest BCUT2D eigenvalue weighted by Gasteiger charge is 2.32. The number of piperidine rings is 1. The number of likely N-dealkylation sites (tertiary alicyclic amines) is 1. The van der Waals surface area contributed by atoms with E-state index in [9.17, 15) is 14.4 Å². The average Bonchev–Trinajstić information content (AvgIpc) is 2.65. The third-order valence-electron chi connectivity index (χ3n) is 5.43. The molecule has 140 valence electrons. The lowest BCUT2D eigenvalue weighted by atomic mass is 9.92. The fourth-order valence-electron chi connectivity index (χ4n) is 3.85. The van der Waals surface area contributed by atoms with E-state index in [0.29, 0.717) is 39.0 Å².